The lowest BCUT2D eigenvalue weighted by molar-refractivity contribution is -0.137. The lowest BCUT2D eigenvalue weighted by atomic mass is 9.74. The number of aromatic nitrogens is 1. The molecule has 0 unspecified atom stereocenters. The highest BCUT2D eigenvalue weighted by Crippen LogP contribution is 2.49. The predicted octanol–water partition coefficient (Wildman–Crippen LogP) is 6.08. The monoisotopic (exact) mass is 490 g/mol. The van der Waals surface area contributed by atoms with Crippen LogP contribution in [0.25, 0.3) is 11.0 Å². The minimum absolute atomic E-state index is 0.0419. The van der Waals surface area contributed by atoms with Gasteiger partial charge in [-0.15, -0.1) is 0 Å². The van der Waals surface area contributed by atoms with Crippen LogP contribution in [-0.2, 0) is 18.3 Å². The second-order valence-corrected chi connectivity index (χ2v) is 9.13. The summed E-state index contributed by atoms with van der Waals surface area (Å²) in [5, 5.41) is 10.6. The molecule has 178 valence electrons. The average molecular weight is 491 g/mol. The van der Waals surface area contributed by atoms with E-state index in [2.05, 4.69) is 27.5 Å². The Kier molecular flexibility index (Phi) is 5.47. The summed E-state index contributed by atoms with van der Waals surface area (Å²) >= 11 is 6.60. The van der Waals surface area contributed by atoms with E-state index in [1.165, 1.54) is 6.07 Å². The Morgan fingerprint density at radius 2 is 2.00 bits per heavy atom. The highest BCUT2D eigenvalue weighted by atomic mass is 35.5. The summed E-state index contributed by atoms with van der Waals surface area (Å²) in [6.45, 7) is 4.00. The number of carbonyl (C=O) groups is 1. The summed E-state index contributed by atoms with van der Waals surface area (Å²) in [6.07, 6.45) is 1.29. The van der Waals surface area contributed by atoms with Gasteiger partial charge >= 0.3 is 6.18 Å². The van der Waals surface area contributed by atoms with Gasteiger partial charge in [-0.05, 0) is 37.1 Å². The zero-order valence-electron chi connectivity index (χ0n) is 18.1. The summed E-state index contributed by atoms with van der Waals surface area (Å²) in [7, 11) is 0. The minimum atomic E-state index is -4.46. The maximum Gasteiger partial charge on any atom is 0.417 e. The Bertz CT molecular complexity index is 1280. The van der Waals surface area contributed by atoms with Gasteiger partial charge in [0, 0.05) is 17.1 Å². The van der Waals surface area contributed by atoms with Gasteiger partial charge in [0.1, 0.15) is 5.58 Å². The first-order valence-electron chi connectivity index (χ1n) is 11.0. The van der Waals surface area contributed by atoms with E-state index in [9.17, 15) is 18.0 Å². The van der Waals surface area contributed by atoms with Crippen molar-refractivity contribution in [3.8, 4) is 0 Å². The zero-order valence-corrected chi connectivity index (χ0v) is 18.9. The van der Waals surface area contributed by atoms with E-state index in [0.717, 1.165) is 55.6 Å². The van der Waals surface area contributed by atoms with Crippen LogP contribution in [0.5, 0.6) is 0 Å². The maximum absolute atomic E-state index is 12.8. The molecule has 3 aromatic rings. The second kappa shape index (κ2) is 8.23. The Balaban J connectivity index is 1.44. The quantitative estimate of drug-likeness (QED) is 0.415. The molecule has 34 heavy (non-hydrogen) atoms. The van der Waals surface area contributed by atoms with Crippen LogP contribution in [0.1, 0.15) is 59.5 Å². The van der Waals surface area contributed by atoms with Crippen LogP contribution in [0.15, 0.2) is 47.3 Å². The number of amides is 1. The van der Waals surface area contributed by atoms with Crippen molar-refractivity contribution in [3.63, 3.8) is 0 Å². The number of hydrogen-bond acceptors (Lipinski definition) is 5. The number of rotatable bonds is 3. The van der Waals surface area contributed by atoms with E-state index in [1.807, 2.05) is 0 Å². The molecule has 3 N–H and O–H groups in total. The molecule has 1 fully saturated rings. The van der Waals surface area contributed by atoms with Crippen molar-refractivity contribution in [1.29, 1.82) is 0 Å². The molecule has 1 amide bonds. The summed E-state index contributed by atoms with van der Waals surface area (Å²) in [5.41, 5.74) is 1.27. The van der Waals surface area contributed by atoms with Crippen LogP contribution < -0.4 is 16.0 Å². The minimum Gasteiger partial charge on any atom is -0.450 e. The molecule has 2 aliphatic rings. The summed E-state index contributed by atoms with van der Waals surface area (Å²) in [4.78, 5) is 16.6. The van der Waals surface area contributed by atoms with Gasteiger partial charge in [0.2, 0.25) is 0 Å². The third-order valence-electron chi connectivity index (χ3n) is 6.42. The second-order valence-electron chi connectivity index (χ2n) is 8.73. The number of benzene rings is 1. The Hall–Kier alpha value is -3.20. The molecule has 10 heteroatoms. The van der Waals surface area contributed by atoms with Crippen LogP contribution in [0.2, 0.25) is 5.02 Å². The van der Waals surface area contributed by atoms with E-state index in [1.54, 1.807) is 12.1 Å². The number of hydrogen-bond donors (Lipinski definition) is 3. The number of pyridine rings is 1. The molecule has 0 saturated heterocycles. The van der Waals surface area contributed by atoms with E-state index in [4.69, 9.17) is 16.0 Å². The smallest absolute Gasteiger partial charge is 0.417 e. The average Bonchev–Trinajstić information content (AvgIpc) is 3.21. The van der Waals surface area contributed by atoms with Crippen LogP contribution >= 0.6 is 11.6 Å². The lowest BCUT2D eigenvalue weighted by Crippen LogP contribution is -2.48. The SMILES string of the molecule is C=C1Nc2c(Cl)cc3cc(C(=O)NCc4ccc(C(F)(F)F)cn4)oc3c2C2(CCCCC2)N1. The van der Waals surface area contributed by atoms with Crippen molar-refractivity contribution in [2.75, 3.05) is 5.32 Å². The van der Waals surface area contributed by atoms with Gasteiger partial charge in [-0.25, -0.2) is 0 Å². The Labute approximate surface area is 198 Å². The highest BCUT2D eigenvalue weighted by molar-refractivity contribution is 6.34. The molecule has 1 spiro atoms. The molecule has 0 radical (unpaired) electrons. The van der Waals surface area contributed by atoms with Crippen LogP contribution in [0.4, 0.5) is 18.9 Å². The standard InChI is InChI=1S/C24H22ClF3N4O2/c1-13-31-20-17(25)9-14-10-18(34-21(14)19(20)23(32-13)7-3-2-4-8-23)22(33)30-12-16-6-5-15(11-29-16)24(26,27)28/h5-6,9-11,31-32H,1-4,7-8,12H2,(H,30,33). The maximum atomic E-state index is 12.8. The third-order valence-corrected chi connectivity index (χ3v) is 6.71. The largest absolute Gasteiger partial charge is 0.450 e. The molecule has 3 heterocycles. The summed E-state index contributed by atoms with van der Waals surface area (Å²) < 4.78 is 44.2. The normalized spacial score (nSPS) is 17.2. The predicted molar refractivity (Wildman–Crippen MR) is 122 cm³/mol. The van der Waals surface area contributed by atoms with E-state index >= 15 is 0 Å². The van der Waals surface area contributed by atoms with Gasteiger partial charge in [0.05, 0.1) is 39.9 Å². The molecule has 1 aliphatic heterocycles. The van der Waals surface area contributed by atoms with Crippen molar-refractivity contribution in [3.05, 3.63) is 70.5 Å². The summed E-state index contributed by atoms with van der Waals surface area (Å²) in [6, 6.07) is 5.53. The zero-order chi connectivity index (χ0) is 24.1. The summed E-state index contributed by atoms with van der Waals surface area (Å²) in [5.74, 6) is 0.257. The van der Waals surface area contributed by atoms with Gasteiger partial charge in [-0.3, -0.25) is 9.78 Å². The van der Waals surface area contributed by atoms with Gasteiger partial charge in [0.15, 0.2) is 5.76 Å². The van der Waals surface area contributed by atoms with E-state index in [-0.39, 0.29) is 17.8 Å². The molecule has 1 saturated carbocycles. The molecule has 0 bridgehead atoms. The number of nitrogens with zero attached hydrogens (tertiary/aromatic N) is 1. The van der Waals surface area contributed by atoms with Gasteiger partial charge < -0.3 is 20.4 Å². The van der Waals surface area contributed by atoms with Crippen molar-refractivity contribution >= 4 is 34.2 Å². The number of furan rings is 1. The topological polar surface area (TPSA) is 79.2 Å². The molecule has 6 nitrogen and oxygen atoms in total. The lowest BCUT2D eigenvalue weighted by Gasteiger charge is -2.44. The van der Waals surface area contributed by atoms with Crippen molar-refractivity contribution in [2.45, 2.75) is 50.4 Å². The Morgan fingerprint density at radius 3 is 2.68 bits per heavy atom. The number of nitrogens with one attached hydrogen (secondary N) is 3. The van der Waals surface area contributed by atoms with Crippen LogP contribution in [0, 0.1) is 0 Å². The third kappa shape index (κ3) is 3.98. The molecular formula is C24H22ClF3N4O2. The van der Waals surface area contributed by atoms with E-state index in [0.29, 0.717) is 27.5 Å². The fourth-order valence-corrected chi connectivity index (χ4v) is 5.12. The van der Waals surface area contributed by atoms with Gasteiger partial charge in [-0.2, -0.15) is 13.2 Å². The fourth-order valence-electron chi connectivity index (χ4n) is 4.86. The fraction of sp³-hybridized carbons (Fsp3) is 0.333. The van der Waals surface area contributed by atoms with Crippen LogP contribution in [-0.4, -0.2) is 10.9 Å². The first-order valence-corrected chi connectivity index (χ1v) is 11.3. The van der Waals surface area contributed by atoms with Crippen LogP contribution in [0.3, 0.4) is 0 Å². The number of carbonyl (C=O) groups excluding carboxylic acids is 1. The van der Waals surface area contributed by atoms with Gasteiger partial charge in [0.25, 0.3) is 5.91 Å². The number of halogens is 4. The Morgan fingerprint density at radius 1 is 1.24 bits per heavy atom. The van der Waals surface area contributed by atoms with Gasteiger partial charge in [-0.1, -0.05) is 37.4 Å². The molecule has 5 rings (SSSR count). The van der Waals surface area contributed by atoms with E-state index < -0.39 is 17.6 Å². The van der Waals surface area contributed by atoms with Crippen molar-refractivity contribution < 1.29 is 22.4 Å². The molecule has 2 aromatic heterocycles. The molecule has 1 aromatic carbocycles. The first kappa shape index (κ1) is 22.6. The number of fused-ring (bicyclic) bond motifs is 4. The first-order chi connectivity index (χ1) is 16.2. The highest BCUT2D eigenvalue weighted by Gasteiger charge is 2.42. The number of anilines is 1. The number of alkyl halides is 3. The molecule has 1 aliphatic carbocycles. The van der Waals surface area contributed by atoms with Crippen molar-refractivity contribution in [2.24, 2.45) is 0 Å². The molecule has 0 atom stereocenters. The molecular weight excluding hydrogens is 469 g/mol. The van der Waals surface area contributed by atoms with Crippen molar-refractivity contribution in [1.82, 2.24) is 15.6 Å².